The summed E-state index contributed by atoms with van der Waals surface area (Å²) in [4.78, 5) is 17.7. The summed E-state index contributed by atoms with van der Waals surface area (Å²) in [5.41, 5.74) is 2.96. The van der Waals surface area contributed by atoms with Gasteiger partial charge in [0.2, 0.25) is 10.1 Å². The summed E-state index contributed by atoms with van der Waals surface area (Å²) < 4.78 is 7.38. The van der Waals surface area contributed by atoms with Crippen LogP contribution >= 0.6 is 11.3 Å². The van der Waals surface area contributed by atoms with E-state index in [0.29, 0.717) is 10.9 Å². The van der Waals surface area contributed by atoms with E-state index in [9.17, 15) is 4.79 Å². The lowest BCUT2D eigenvalue weighted by atomic mass is 10.2. The number of rotatable bonds is 5. The van der Waals surface area contributed by atoms with Gasteiger partial charge in [-0.2, -0.15) is 0 Å². The summed E-state index contributed by atoms with van der Waals surface area (Å²) in [5, 5.41) is 7.67. The van der Waals surface area contributed by atoms with Crippen molar-refractivity contribution >= 4 is 27.3 Å². The summed E-state index contributed by atoms with van der Waals surface area (Å²) in [6, 6.07) is 17.5. The number of anilines is 1. The van der Waals surface area contributed by atoms with Crippen LogP contribution in [0, 0.1) is 6.92 Å². The van der Waals surface area contributed by atoms with Gasteiger partial charge >= 0.3 is 0 Å². The lowest BCUT2D eigenvalue weighted by Gasteiger charge is -2.13. The van der Waals surface area contributed by atoms with Crippen molar-refractivity contribution in [2.45, 2.75) is 20.0 Å². The summed E-state index contributed by atoms with van der Waals surface area (Å²) >= 11 is 1.32. The van der Waals surface area contributed by atoms with Crippen molar-refractivity contribution < 1.29 is 9.53 Å². The molecule has 7 heteroatoms. The van der Waals surface area contributed by atoms with E-state index < -0.39 is 6.10 Å². The Hall–Kier alpha value is -3.19. The average molecular weight is 378 g/mol. The minimum atomic E-state index is -0.636. The molecule has 1 amide bonds. The molecule has 136 valence electrons. The maximum absolute atomic E-state index is 12.4. The molecule has 0 bridgehead atoms. The summed E-state index contributed by atoms with van der Waals surface area (Å²) in [5.74, 6) is 0.413. The van der Waals surface area contributed by atoms with Gasteiger partial charge in [-0.1, -0.05) is 53.8 Å². The molecule has 0 saturated heterocycles. The smallest absolute Gasteiger partial charge is 0.266 e. The number of nitrogens with one attached hydrogen (secondary N) is 1. The number of aromatic nitrogens is 3. The van der Waals surface area contributed by atoms with Crippen LogP contribution in [-0.4, -0.2) is 26.6 Å². The number of ether oxygens (including phenoxy) is 1. The largest absolute Gasteiger partial charge is 0.481 e. The van der Waals surface area contributed by atoms with E-state index in [0.717, 1.165) is 21.8 Å². The number of aryl methyl sites for hydroxylation is 1. The number of benzene rings is 2. The molecule has 6 nitrogen and oxygen atoms in total. The summed E-state index contributed by atoms with van der Waals surface area (Å²) in [6.45, 7) is 3.69. The van der Waals surface area contributed by atoms with Crippen LogP contribution in [-0.2, 0) is 4.79 Å². The highest BCUT2D eigenvalue weighted by Gasteiger charge is 2.18. The van der Waals surface area contributed by atoms with Crippen LogP contribution in [0.15, 0.2) is 60.8 Å². The second-order valence-electron chi connectivity index (χ2n) is 6.19. The van der Waals surface area contributed by atoms with Gasteiger partial charge in [-0.3, -0.25) is 10.1 Å². The Kier molecular flexibility index (Phi) is 4.60. The molecule has 0 radical (unpaired) electrons. The first-order valence-corrected chi connectivity index (χ1v) is 9.36. The first-order chi connectivity index (χ1) is 13.1. The van der Waals surface area contributed by atoms with Gasteiger partial charge in [0.15, 0.2) is 6.10 Å². The molecule has 0 spiro atoms. The fourth-order valence-electron chi connectivity index (χ4n) is 2.65. The van der Waals surface area contributed by atoms with Crippen molar-refractivity contribution in [2.75, 3.05) is 5.32 Å². The topological polar surface area (TPSA) is 68.5 Å². The van der Waals surface area contributed by atoms with Gasteiger partial charge in [0, 0.05) is 5.56 Å². The fourth-order valence-corrected chi connectivity index (χ4v) is 3.44. The molecule has 2 heterocycles. The number of hydrogen-bond donors (Lipinski definition) is 1. The van der Waals surface area contributed by atoms with Gasteiger partial charge in [0.1, 0.15) is 5.75 Å². The molecule has 0 aliphatic heterocycles. The van der Waals surface area contributed by atoms with Crippen LogP contribution in [0.3, 0.4) is 0 Å². The standard InChI is InChI=1S/C20H18N4O2S/c1-13-7-6-10-16(11-13)26-14(2)18(25)22-19-23-24-12-17(21-20(24)27-19)15-8-4-3-5-9-15/h3-12,14H,1-2H3,(H,22,23,25). The van der Waals surface area contributed by atoms with E-state index in [-0.39, 0.29) is 5.91 Å². The van der Waals surface area contributed by atoms with Crippen LogP contribution in [0.1, 0.15) is 12.5 Å². The zero-order valence-electron chi connectivity index (χ0n) is 14.9. The average Bonchev–Trinajstić information content (AvgIpc) is 3.21. The number of carbonyl (C=O) groups is 1. The molecular weight excluding hydrogens is 360 g/mol. The minimum absolute atomic E-state index is 0.253. The normalized spacial score (nSPS) is 12.1. The number of nitrogens with zero attached hydrogens (tertiary/aromatic N) is 3. The zero-order chi connectivity index (χ0) is 18.8. The molecule has 0 fully saturated rings. The van der Waals surface area contributed by atoms with Crippen molar-refractivity contribution in [2.24, 2.45) is 0 Å². The second-order valence-corrected chi connectivity index (χ2v) is 7.15. The Labute approximate surface area is 160 Å². The minimum Gasteiger partial charge on any atom is -0.481 e. The van der Waals surface area contributed by atoms with E-state index in [1.54, 1.807) is 11.4 Å². The summed E-state index contributed by atoms with van der Waals surface area (Å²) in [7, 11) is 0. The molecule has 2 aromatic carbocycles. The van der Waals surface area contributed by atoms with Crippen LogP contribution in [0.4, 0.5) is 5.13 Å². The van der Waals surface area contributed by atoms with E-state index in [4.69, 9.17) is 4.74 Å². The first kappa shape index (κ1) is 17.2. The lowest BCUT2D eigenvalue weighted by molar-refractivity contribution is -0.122. The molecule has 4 rings (SSSR count). The Morgan fingerprint density at radius 1 is 1.19 bits per heavy atom. The predicted molar refractivity (Wildman–Crippen MR) is 106 cm³/mol. The third-order valence-electron chi connectivity index (χ3n) is 4.01. The maximum Gasteiger partial charge on any atom is 0.266 e. The van der Waals surface area contributed by atoms with Gasteiger partial charge in [0.05, 0.1) is 11.9 Å². The van der Waals surface area contributed by atoms with Gasteiger partial charge in [-0.25, -0.2) is 9.50 Å². The van der Waals surface area contributed by atoms with Gasteiger partial charge in [-0.15, -0.1) is 5.10 Å². The number of carbonyl (C=O) groups excluding carboxylic acids is 1. The van der Waals surface area contributed by atoms with Crippen molar-refractivity contribution in [1.82, 2.24) is 14.6 Å². The molecule has 0 saturated carbocycles. The highest BCUT2D eigenvalue weighted by Crippen LogP contribution is 2.24. The van der Waals surface area contributed by atoms with E-state index >= 15 is 0 Å². The molecule has 4 aromatic rings. The Morgan fingerprint density at radius 2 is 2.00 bits per heavy atom. The van der Waals surface area contributed by atoms with Gasteiger partial charge < -0.3 is 4.74 Å². The van der Waals surface area contributed by atoms with Gasteiger partial charge in [0.25, 0.3) is 5.91 Å². The van der Waals surface area contributed by atoms with Crippen LogP contribution in [0.25, 0.3) is 16.2 Å². The van der Waals surface area contributed by atoms with Crippen LogP contribution in [0.5, 0.6) is 5.75 Å². The van der Waals surface area contributed by atoms with Crippen LogP contribution < -0.4 is 10.1 Å². The number of imidazole rings is 1. The number of amides is 1. The highest BCUT2D eigenvalue weighted by atomic mass is 32.1. The van der Waals surface area contributed by atoms with Crippen molar-refractivity contribution in [3.63, 3.8) is 0 Å². The Morgan fingerprint density at radius 3 is 2.74 bits per heavy atom. The number of fused-ring (bicyclic) bond motifs is 1. The molecule has 2 aromatic heterocycles. The van der Waals surface area contributed by atoms with Gasteiger partial charge in [-0.05, 0) is 31.5 Å². The first-order valence-electron chi connectivity index (χ1n) is 8.54. The molecule has 1 unspecified atom stereocenters. The quantitative estimate of drug-likeness (QED) is 0.566. The molecule has 0 aliphatic carbocycles. The molecule has 27 heavy (non-hydrogen) atoms. The monoisotopic (exact) mass is 378 g/mol. The van der Waals surface area contributed by atoms with Crippen molar-refractivity contribution in [3.8, 4) is 17.0 Å². The van der Waals surface area contributed by atoms with E-state index in [1.807, 2.05) is 67.7 Å². The van der Waals surface area contributed by atoms with Crippen molar-refractivity contribution in [3.05, 3.63) is 66.4 Å². The zero-order valence-corrected chi connectivity index (χ0v) is 15.7. The Bertz CT molecular complexity index is 1060. The fraction of sp³-hybridized carbons (Fsp3) is 0.150. The third-order valence-corrected chi connectivity index (χ3v) is 4.85. The molecule has 1 N–H and O–H groups in total. The molecular formula is C20H18N4O2S. The third kappa shape index (κ3) is 3.83. The summed E-state index contributed by atoms with van der Waals surface area (Å²) in [6.07, 6.45) is 1.21. The van der Waals surface area contributed by atoms with Crippen molar-refractivity contribution in [1.29, 1.82) is 0 Å². The maximum atomic E-state index is 12.4. The molecule has 1 atom stereocenters. The lowest BCUT2D eigenvalue weighted by Crippen LogP contribution is -2.30. The molecule has 0 aliphatic rings. The van der Waals surface area contributed by atoms with E-state index in [2.05, 4.69) is 15.4 Å². The van der Waals surface area contributed by atoms with Crippen LogP contribution in [0.2, 0.25) is 0 Å². The highest BCUT2D eigenvalue weighted by molar-refractivity contribution is 7.20. The van der Waals surface area contributed by atoms with E-state index in [1.165, 1.54) is 11.3 Å². The predicted octanol–water partition coefficient (Wildman–Crippen LogP) is 4.17. The second kappa shape index (κ2) is 7.20. The number of hydrogen-bond acceptors (Lipinski definition) is 5. The Balaban J connectivity index is 1.45. The SMILES string of the molecule is Cc1cccc(OC(C)C(=O)Nc2nn3cc(-c4ccccc4)nc3s2)c1.